The molecule has 8 nitrogen and oxygen atoms in total. The number of hydrogen-bond donors (Lipinski definition) is 2. The summed E-state index contributed by atoms with van der Waals surface area (Å²) in [6, 6.07) is 4.46. The van der Waals surface area contributed by atoms with Gasteiger partial charge in [-0.25, -0.2) is 4.79 Å². The summed E-state index contributed by atoms with van der Waals surface area (Å²) < 4.78 is 6.17. The third-order valence-electron chi connectivity index (χ3n) is 3.11. The summed E-state index contributed by atoms with van der Waals surface area (Å²) in [4.78, 5) is 37.2. The highest BCUT2D eigenvalue weighted by Crippen LogP contribution is 2.18. The lowest BCUT2D eigenvalue weighted by molar-refractivity contribution is 0.0944. The largest absolute Gasteiger partial charge is 0.382 e. The molecule has 0 aliphatic carbocycles. The Kier molecular flexibility index (Phi) is 6.28. The lowest BCUT2D eigenvalue weighted by Gasteiger charge is -2.09. The summed E-state index contributed by atoms with van der Waals surface area (Å²) in [6.07, 6.45) is 1.65. The smallest absolute Gasteiger partial charge is 0.349 e. The number of benzene rings is 1. The van der Waals surface area contributed by atoms with E-state index in [4.69, 9.17) is 16.3 Å². The van der Waals surface area contributed by atoms with Gasteiger partial charge in [-0.2, -0.15) is 9.78 Å². The highest BCUT2D eigenvalue weighted by molar-refractivity contribution is 6.33. The van der Waals surface area contributed by atoms with Gasteiger partial charge in [0.25, 0.3) is 11.5 Å². The molecule has 1 aromatic heterocycles. The summed E-state index contributed by atoms with van der Waals surface area (Å²) in [5, 5.41) is 6.72. The van der Waals surface area contributed by atoms with Crippen molar-refractivity contribution in [1.29, 1.82) is 0 Å². The third kappa shape index (κ3) is 4.53. The zero-order chi connectivity index (χ0) is 17.5. The number of carbonyl (C=O) groups is 1. The number of H-pyrrole nitrogens is 1. The molecule has 0 radical (unpaired) electrons. The van der Waals surface area contributed by atoms with Gasteiger partial charge < -0.3 is 10.1 Å². The Hall–Kier alpha value is -2.45. The van der Waals surface area contributed by atoms with Gasteiger partial charge in [-0.15, -0.1) is 0 Å². The Morgan fingerprint density at radius 3 is 2.92 bits per heavy atom. The van der Waals surface area contributed by atoms with Crippen molar-refractivity contribution in [3.63, 3.8) is 0 Å². The second kappa shape index (κ2) is 8.42. The molecule has 24 heavy (non-hydrogen) atoms. The average molecular weight is 353 g/mol. The zero-order valence-electron chi connectivity index (χ0n) is 13.0. The number of hydrogen-bond acceptors (Lipinski definition) is 5. The molecule has 1 heterocycles. The number of halogens is 1. The standard InChI is InChI=1S/C15H17ClN4O4/c1-2-24-7-3-6-17-14(22)11-8-10(4-5-12(11)16)20-15(23)19-13(21)9-18-20/h4-5,8-9H,2-3,6-7H2,1H3,(H,17,22)(H,19,21,23). The molecule has 0 aliphatic heterocycles. The van der Waals surface area contributed by atoms with E-state index in [0.717, 1.165) is 10.9 Å². The number of amides is 1. The molecule has 0 saturated heterocycles. The Bertz CT molecular complexity index is 831. The van der Waals surface area contributed by atoms with Crippen molar-refractivity contribution in [2.45, 2.75) is 13.3 Å². The van der Waals surface area contributed by atoms with Crippen molar-refractivity contribution in [3.8, 4) is 5.69 Å². The predicted molar refractivity (Wildman–Crippen MR) is 88.9 cm³/mol. The van der Waals surface area contributed by atoms with Gasteiger partial charge in [0.15, 0.2) is 0 Å². The molecule has 0 atom stereocenters. The number of nitrogens with zero attached hydrogens (tertiary/aromatic N) is 2. The molecular formula is C15H17ClN4O4. The summed E-state index contributed by atoms with van der Waals surface area (Å²) in [5.74, 6) is -0.365. The van der Waals surface area contributed by atoms with E-state index >= 15 is 0 Å². The number of rotatable bonds is 7. The van der Waals surface area contributed by atoms with Crippen LogP contribution in [-0.4, -0.2) is 40.4 Å². The molecule has 2 aromatic rings. The molecule has 0 fully saturated rings. The zero-order valence-corrected chi connectivity index (χ0v) is 13.8. The molecule has 0 aliphatic rings. The molecule has 1 amide bonds. The van der Waals surface area contributed by atoms with Gasteiger partial charge in [-0.1, -0.05) is 11.6 Å². The van der Waals surface area contributed by atoms with Crippen molar-refractivity contribution in [1.82, 2.24) is 20.1 Å². The molecule has 128 valence electrons. The first-order valence-electron chi connectivity index (χ1n) is 7.37. The Morgan fingerprint density at radius 1 is 1.42 bits per heavy atom. The number of aromatic nitrogens is 3. The molecule has 1 aromatic carbocycles. The average Bonchev–Trinajstić information content (AvgIpc) is 2.55. The van der Waals surface area contributed by atoms with Crippen LogP contribution in [0.5, 0.6) is 0 Å². The molecule has 0 bridgehead atoms. The van der Waals surface area contributed by atoms with Crippen molar-refractivity contribution in [2.75, 3.05) is 19.8 Å². The van der Waals surface area contributed by atoms with E-state index in [9.17, 15) is 14.4 Å². The van der Waals surface area contributed by atoms with Gasteiger partial charge in [0.1, 0.15) is 6.20 Å². The number of ether oxygens (including phenoxy) is 1. The van der Waals surface area contributed by atoms with Gasteiger partial charge in [0.05, 0.1) is 16.3 Å². The molecule has 0 spiro atoms. The fraction of sp³-hybridized carbons (Fsp3) is 0.333. The predicted octanol–water partition coefficient (Wildman–Crippen LogP) is 0.731. The lowest BCUT2D eigenvalue weighted by Crippen LogP contribution is -2.30. The molecule has 0 unspecified atom stereocenters. The second-order valence-corrected chi connectivity index (χ2v) is 5.23. The molecular weight excluding hydrogens is 336 g/mol. The van der Waals surface area contributed by atoms with E-state index in [1.807, 2.05) is 6.92 Å². The van der Waals surface area contributed by atoms with Gasteiger partial charge in [0, 0.05) is 19.8 Å². The second-order valence-electron chi connectivity index (χ2n) is 4.82. The van der Waals surface area contributed by atoms with E-state index in [-0.39, 0.29) is 16.5 Å². The monoisotopic (exact) mass is 352 g/mol. The Balaban J connectivity index is 2.17. The maximum atomic E-state index is 12.2. The number of nitrogens with one attached hydrogen (secondary N) is 2. The Morgan fingerprint density at radius 2 is 2.21 bits per heavy atom. The molecule has 0 saturated carbocycles. The maximum absolute atomic E-state index is 12.2. The van der Waals surface area contributed by atoms with Crippen molar-refractivity contribution in [3.05, 3.63) is 55.8 Å². The van der Waals surface area contributed by atoms with E-state index in [1.165, 1.54) is 18.2 Å². The highest BCUT2D eigenvalue weighted by Gasteiger charge is 2.12. The minimum Gasteiger partial charge on any atom is -0.382 e. The van der Waals surface area contributed by atoms with Crippen LogP contribution in [0.1, 0.15) is 23.7 Å². The SMILES string of the molecule is CCOCCCNC(=O)c1cc(-n2ncc(=O)[nH]c2=O)ccc1Cl. The minimum atomic E-state index is -0.701. The molecule has 2 N–H and O–H groups in total. The van der Waals surface area contributed by atoms with Gasteiger partial charge >= 0.3 is 5.69 Å². The molecule has 2 rings (SSSR count). The van der Waals surface area contributed by atoms with Crippen molar-refractivity contribution < 1.29 is 9.53 Å². The normalized spacial score (nSPS) is 10.6. The first kappa shape index (κ1) is 17.9. The first-order valence-corrected chi connectivity index (χ1v) is 7.75. The third-order valence-corrected chi connectivity index (χ3v) is 3.44. The van der Waals surface area contributed by atoms with Crippen LogP contribution in [0.4, 0.5) is 0 Å². The van der Waals surface area contributed by atoms with Crippen LogP contribution in [0.15, 0.2) is 34.0 Å². The number of carbonyl (C=O) groups excluding carboxylic acids is 1. The minimum absolute atomic E-state index is 0.213. The fourth-order valence-electron chi connectivity index (χ4n) is 1.97. The van der Waals surface area contributed by atoms with Crippen LogP contribution in [0.2, 0.25) is 5.02 Å². The Labute approximate surface area is 142 Å². The summed E-state index contributed by atoms with van der Waals surface area (Å²) in [6.45, 7) is 3.52. The first-order chi connectivity index (χ1) is 11.5. The van der Waals surface area contributed by atoms with E-state index < -0.39 is 11.2 Å². The van der Waals surface area contributed by atoms with Crippen LogP contribution in [0.25, 0.3) is 5.69 Å². The van der Waals surface area contributed by atoms with E-state index in [0.29, 0.717) is 31.9 Å². The van der Waals surface area contributed by atoms with Gasteiger partial charge in [-0.3, -0.25) is 14.6 Å². The summed E-state index contributed by atoms with van der Waals surface area (Å²) in [5.41, 5.74) is -0.768. The van der Waals surface area contributed by atoms with Crippen LogP contribution < -0.4 is 16.6 Å². The maximum Gasteiger partial charge on any atom is 0.349 e. The van der Waals surface area contributed by atoms with Crippen LogP contribution in [0.3, 0.4) is 0 Å². The van der Waals surface area contributed by atoms with E-state index in [2.05, 4.69) is 15.4 Å². The van der Waals surface area contributed by atoms with Crippen molar-refractivity contribution >= 4 is 17.5 Å². The van der Waals surface area contributed by atoms with E-state index in [1.54, 1.807) is 0 Å². The summed E-state index contributed by atoms with van der Waals surface area (Å²) >= 11 is 6.05. The van der Waals surface area contributed by atoms with Crippen molar-refractivity contribution in [2.24, 2.45) is 0 Å². The fourth-order valence-corrected chi connectivity index (χ4v) is 2.18. The van der Waals surface area contributed by atoms with Gasteiger partial charge in [0.2, 0.25) is 0 Å². The highest BCUT2D eigenvalue weighted by atomic mass is 35.5. The quantitative estimate of drug-likeness (QED) is 0.714. The summed E-state index contributed by atoms with van der Waals surface area (Å²) in [7, 11) is 0. The molecule has 9 heteroatoms. The van der Waals surface area contributed by atoms with Crippen LogP contribution in [-0.2, 0) is 4.74 Å². The topological polar surface area (TPSA) is 106 Å². The van der Waals surface area contributed by atoms with Gasteiger partial charge in [-0.05, 0) is 31.5 Å². The van der Waals surface area contributed by atoms with Crippen LogP contribution >= 0.6 is 11.6 Å². The lowest BCUT2D eigenvalue weighted by atomic mass is 10.2. The number of aromatic amines is 1. The van der Waals surface area contributed by atoms with Crippen LogP contribution in [0, 0.1) is 0 Å².